The van der Waals surface area contributed by atoms with Gasteiger partial charge in [0, 0.05) is 13.1 Å². The molecule has 0 saturated carbocycles. The van der Waals surface area contributed by atoms with Crippen LogP contribution in [-0.2, 0) is 26.2 Å². The van der Waals surface area contributed by atoms with Crippen molar-refractivity contribution in [2.45, 2.75) is 36.4 Å². The molecule has 0 bridgehead atoms. The van der Waals surface area contributed by atoms with Crippen molar-refractivity contribution in [3.8, 4) is 5.75 Å². The zero-order valence-corrected chi connectivity index (χ0v) is 20.0. The molecule has 1 heterocycles. The summed E-state index contributed by atoms with van der Waals surface area (Å²) in [4.78, 5) is 36.7. The Morgan fingerprint density at radius 2 is 1.86 bits per heavy atom. The summed E-state index contributed by atoms with van der Waals surface area (Å²) in [6.45, 7) is -0.0529. The second-order valence-corrected chi connectivity index (χ2v) is 9.79. The molecule has 1 aliphatic heterocycles. The first-order valence-electron chi connectivity index (χ1n) is 11.0. The molecule has 2 aromatic rings. The summed E-state index contributed by atoms with van der Waals surface area (Å²) in [5, 5.41) is 16.9. The highest BCUT2D eigenvalue weighted by Gasteiger charge is 2.40. The van der Waals surface area contributed by atoms with Crippen molar-refractivity contribution < 1.29 is 32.6 Å². The number of rotatable bonds is 10. The normalized spacial score (nSPS) is 16.8. The lowest BCUT2D eigenvalue weighted by Gasteiger charge is -2.25. The lowest BCUT2D eigenvalue weighted by Crippen LogP contribution is -2.54. The number of hydrogen-bond donors (Lipinski definition) is 4. The Morgan fingerprint density at radius 1 is 1.11 bits per heavy atom. The summed E-state index contributed by atoms with van der Waals surface area (Å²) >= 11 is 0. The number of sulfonamides is 1. The van der Waals surface area contributed by atoms with E-state index in [9.17, 15) is 27.9 Å². The van der Waals surface area contributed by atoms with Crippen LogP contribution in [0.2, 0.25) is 0 Å². The predicted octanol–water partition coefficient (Wildman–Crippen LogP) is 0.917. The molecular formula is C23H28N4O7S. The Hall–Kier alpha value is -3.64. The van der Waals surface area contributed by atoms with E-state index in [1.807, 2.05) is 0 Å². The molecule has 35 heavy (non-hydrogen) atoms. The average molecular weight is 505 g/mol. The molecule has 12 heteroatoms. The van der Waals surface area contributed by atoms with Crippen LogP contribution in [0.4, 0.5) is 4.79 Å². The smallest absolute Gasteiger partial charge is 0.328 e. The molecule has 1 saturated heterocycles. The number of nitrogens with zero attached hydrogens (tertiary/aromatic N) is 1. The third kappa shape index (κ3) is 6.70. The maximum Gasteiger partial charge on any atom is 0.328 e. The minimum absolute atomic E-state index is 0.0591. The highest BCUT2D eigenvalue weighted by atomic mass is 32.2. The number of amides is 3. The fourth-order valence-corrected chi connectivity index (χ4v) is 5.39. The Labute approximate surface area is 203 Å². The molecule has 0 radical (unpaired) electrons. The highest BCUT2D eigenvalue weighted by Crippen LogP contribution is 2.26. The minimum atomic E-state index is -3.92. The maximum absolute atomic E-state index is 13.0. The van der Waals surface area contributed by atoms with Gasteiger partial charge in [-0.25, -0.2) is 18.0 Å². The van der Waals surface area contributed by atoms with Crippen LogP contribution in [0.3, 0.4) is 0 Å². The van der Waals surface area contributed by atoms with E-state index in [0.717, 1.165) is 9.87 Å². The summed E-state index contributed by atoms with van der Waals surface area (Å²) in [5.41, 5.74) is 0.781. The Morgan fingerprint density at radius 3 is 2.54 bits per heavy atom. The molecule has 0 spiro atoms. The average Bonchev–Trinajstić information content (AvgIpc) is 3.37. The summed E-state index contributed by atoms with van der Waals surface area (Å²) in [6, 6.07) is 11.7. The zero-order valence-electron chi connectivity index (χ0n) is 19.1. The molecule has 3 rings (SSSR count). The molecule has 4 N–H and O–H groups in total. The Balaban J connectivity index is 1.56. The molecule has 188 valence electrons. The van der Waals surface area contributed by atoms with E-state index in [2.05, 4.69) is 16.0 Å². The SMILES string of the molecule is COc1cccc(CNC(=O)NC[C@H](NC(=O)C2CCCN2S(=O)(=O)c2ccccc2)C(=O)O)c1. The minimum Gasteiger partial charge on any atom is -0.497 e. The number of hydrogen-bond acceptors (Lipinski definition) is 6. The van der Waals surface area contributed by atoms with E-state index < -0.39 is 40.0 Å². The molecule has 11 nitrogen and oxygen atoms in total. The first kappa shape index (κ1) is 26.0. The van der Waals surface area contributed by atoms with E-state index in [1.54, 1.807) is 42.5 Å². The third-order valence-electron chi connectivity index (χ3n) is 5.52. The van der Waals surface area contributed by atoms with Crippen molar-refractivity contribution >= 4 is 27.9 Å². The number of ether oxygens (including phenoxy) is 1. The van der Waals surface area contributed by atoms with Crippen LogP contribution < -0.4 is 20.7 Å². The maximum atomic E-state index is 13.0. The second kappa shape index (κ2) is 11.7. The number of carboxylic acid groups (broad SMARTS) is 1. The van der Waals surface area contributed by atoms with Crippen molar-refractivity contribution in [3.05, 3.63) is 60.2 Å². The van der Waals surface area contributed by atoms with Crippen LogP contribution in [0.15, 0.2) is 59.5 Å². The molecule has 3 amide bonds. The number of carbonyl (C=O) groups is 3. The predicted molar refractivity (Wildman–Crippen MR) is 126 cm³/mol. The van der Waals surface area contributed by atoms with E-state index >= 15 is 0 Å². The lowest BCUT2D eigenvalue weighted by molar-refractivity contribution is -0.142. The summed E-state index contributed by atoms with van der Waals surface area (Å²) in [6.07, 6.45) is 0.728. The summed E-state index contributed by atoms with van der Waals surface area (Å²) in [5.74, 6) is -1.46. The van der Waals surface area contributed by atoms with E-state index in [0.29, 0.717) is 12.2 Å². The van der Waals surface area contributed by atoms with Gasteiger partial charge in [0.15, 0.2) is 0 Å². The zero-order chi connectivity index (χ0) is 25.4. The first-order chi connectivity index (χ1) is 16.7. The number of carbonyl (C=O) groups excluding carboxylic acids is 2. The van der Waals surface area contributed by atoms with Crippen molar-refractivity contribution in [2.75, 3.05) is 20.2 Å². The largest absolute Gasteiger partial charge is 0.497 e. The van der Waals surface area contributed by atoms with Gasteiger partial charge < -0.3 is 25.8 Å². The number of nitrogens with one attached hydrogen (secondary N) is 3. The quantitative estimate of drug-likeness (QED) is 0.375. The van der Waals surface area contributed by atoms with E-state index in [4.69, 9.17) is 4.74 Å². The van der Waals surface area contributed by atoms with Crippen LogP contribution in [0.25, 0.3) is 0 Å². The van der Waals surface area contributed by atoms with Gasteiger partial charge in [0.25, 0.3) is 0 Å². The highest BCUT2D eigenvalue weighted by molar-refractivity contribution is 7.89. The van der Waals surface area contributed by atoms with Crippen molar-refractivity contribution in [1.29, 1.82) is 0 Å². The monoisotopic (exact) mass is 504 g/mol. The van der Waals surface area contributed by atoms with Crippen LogP contribution in [-0.4, -0.2) is 68.0 Å². The fraction of sp³-hybridized carbons (Fsp3) is 0.348. The van der Waals surface area contributed by atoms with Gasteiger partial charge in [-0.2, -0.15) is 4.31 Å². The first-order valence-corrected chi connectivity index (χ1v) is 12.4. The van der Waals surface area contributed by atoms with Gasteiger partial charge in [-0.1, -0.05) is 30.3 Å². The molecule has 2 aromatic carbocycles. The molecule has 0 aromatic heterocycles. The Bertz CT molecular complexity index is 1160. The van der Waals surface area contributed by atoms with Crippen molar-refractivity contribution in [2.24, 2.45) is 0 Å². The van der Waals surface area contributed by atoms with Crippen LogP contribution in [0.1, 0.15) is 18.4 Å². The van der Waals surface area contributed by atoms with Crippen molar-refractivity contribution in [1.82, 2.24) is 20.3 Å². The van der Waals surface area contributed by atoms with Crippen LogP contribution in [0, 0.1) is 0 Å². The van der Waals surface area contributed by atoms with Gasteiger partial charge in [0.2, 0.25) is 15.9 Å². The molecule has 0 aliphatic carbocycles. The lowest BCUT2D eigenvalue weighted by atomic mass is 10.2. The number of carboxylic acids is 1. The van der Waals surface area contributed by atoms with Crippen LogP contribution >= 0.6 is 0 Å². The summed E-state index contributed by atoms with van der Waals surface area (Å²) in [7, 11) is -2.39. The fourth-order valence-electron chi connectivity index (χ4n) is 3.71. The van der Waals surface area contributed by atoms with Crippen molar-refractivity contribution in [3.63, 3.8) is 0 Å². The van der Waals surface area contributed by atoms with Gasteiger partial charge >= 0.3 is 12.0 Å². The number of aliphatic carboxylic acids is 1. The summed E-state index contributed by atoms with van der Waals surface area (Å²) < 4.78 is 32.2. The molecule has 1 fully saturated rings. The molecule has 1 unspecified atom stereocenters. The van der Waals surface area contributed by atoms with E-state index in [-0.39, 0.29) is 31.0 Å². The third-order valence-corrected chi connectivity index (χ3v) is 7.45. The van der Waals surface area contributed by atoms with Gasteiger partial charge in [0.05, 0.1) is 18.6 Å². The molecule has 2 atom stereocenters. The topological polar surface area (TPSA) is 154 Å². The number of urea groups is 1. The van der Waals surface area contributed by atoms with Gasteiger partial charge in [-0.3, -0.25) is 4.79 Å². The Kier molecular flexibility index (Phi) is 8.66. The second-order valence-electron chi connectivity index (χ2n) is 7.90. The van der Waals surface area contributed by atoms with Gasteiger partial charge in [-0.15, -0.1) is 0 Å². The van der Waals surface area contributed by atoms with E-state index in [1.165, 1.54) is 19.2 Å². The number of methoxy groups -OCH3 is 1. The van der Waals surface area contributed by atoms with Gasteiger partial charge in [-0.05, 0) is 42.7 Å². The molecule has 1 aliphatic rings. The molecular weight excluding hydrogens is 476 g/mol. The standard InChI is InChI=1S/C23H28N4O7S/c1-34-17-8-5-7-16(13-17)14-24-23(31)25-15-19(22(29)30)26-21(28)20-11-6-12-27(20)35(32,33)18-9-3-2-4-10-18/h2-5,7-10,13,19-20H,6,11-12,14-15H2,1H3,(H,26,28)(H,29,30)(H2,24,25,31)/t19-,20?/m0/s1. The van der Waals surface area contributed by atoms with Gasteiger partial charge in [0.1, 0.15) is 17.8 Å². The van der Waals surface area contributed by atoms with Crippen LogP contribution in [0.5, 0.6) is 5.75 Å². The number of benzene rings is 2.